The third-order valence-electron chi connectivity index (χ3n) is 2.60. The topological polar surface area (TPSA) is 23.5 Å². The van der Waals surface area contributed by atoms with E-state index in [-0.39, 0.29) is 11.6 Å². The van der Waals surface area contributed by atoms with Gasteiger partial charge in [-0.15, -0.1) is 0 Å². The highest BCUT2D eigenvalue weighted by Gasteiger charge is 2.11. The van der Waals surface area contributed by atoms with Gasteiger partial charge in [-0.25, -0.2) is 4.39 Å². The van der Waals surface area contributed by atoms with Crippen molar-refractivity contribution in [3.8, 4) is 5.75 Å². The molecule has 0 unspecified atom stereocenters. The molecule has 0 saturated heterocycles. The molecule has 0 saturated carbocycles. The van der Waals surface area contributed by atoms with Crippen LogP contribution in [0.15, 0.2) is 18.2 Å². The molecule has 1 aromatic carbocycles. The molecular formula is C15H24FNO. The Morgan fingerprint density at radius 2 is 1.61 bits per heavy atom. The van der Waals surface area contributed by atoms with Gasteiger partial charge in [-0.05, 0) is 29.5 Å². The van der Waals surface area contributed by atoms with Crippen LogP contribution in [0.25, 0.3) is 0 Å². The van der Waals surface area contributed by atoms with Crippen LogP contribution in [-0.4, -0.2) is 23.1 Å². The number of phenols is 1. The fourth-order valence-corrected chi connectivity index (χ4v) is 2.22. The number of phenolic OH excluding ortho intramolecular Hbond substituents is 1. The summed E-state index contributed by atoms with van der Waals surface area (Å²) in [6.45, 7) is 11.4. The molecule has 0 fully saturated rings. The number of aromatic hydroxyl groups is 1. The third kappa shape index (κ3) is 5.50. The monoisotopic (exact) mass is 253 g/mol. The molecule has 0 atom stereocenters. The summed E-state index contributed by atoms with van der Waals surface area (Å²) >= 11 is 0. The molecule has 1 rings (SSSR count). The Morgan fingerprint density at radius 3 is 2.06 bits per heavy atom. The molecule has 1 aromatic rings. The number of rotatable bonds is 6. The first-order valence-corrected chi connectivity index (χ1v) is 6.57. The van der Waals surface area contributed by atoms with Crippen LogP contribution in [0.5, 0.6) is 5.75 Å². The van der Waals surface area contributed by atoms with Crippen molar-refractivity contribution in [2.24, 2.45) is 11.8 Å². The number of nitrogens with zero attached hydrogens (tertiary/aromatic N) is 1. The summed E-state index contributed by atoms with van der Waals surface area (Å²) in [5.74, 6) is 0.773. The standard InChI is InChI=1S/C15H24FNO/c1-11(2)8-17(9-12(3)4)10-13-5-14(16)7-15(18)6-13/h5-7,11-12,18H,8-10H2,1-4H3. The van der Waals surface area contributed by atoms with Crippen LogP contribution in [0.4, 0.5) is 4.39 Å². The average Bonchev–Trinajstić information content (AvgIpc) is 2.12. The maximum Gasteiger partial charge on any atom is 0.127 e. The molecule has 18 heavy (non-hydrogen) atoms. The number of hydrogen-bond acceptors (Lipinski definition) is 2. The highest BCUT2D eigenvalue weighted by atomic mass is 19.1. The van der Waals surface area contributed by atoms with Crippen molar-refractivity contribution in [1.82, 2.24) is 4.90 Å². The normalized spacial score (nSPS) is 11.8. The van der Waals surface area contributed by atoms with Crippen LogP contribution in [0.3, 0.4) is 0 Å². The Balaban J connectivity index is 2.74. The molecule has 0 aliphatic rings. The van der Waals surface area contributed by atoms with Gasteiger partial charge in [0.25, 0.3) is 0 Å². The zero-order valence-corrected chi connectivity index (χ0v) is 11.8. The molecule has 0 aliphatic carbocycles. The second-order valence-electron chi connectivity index (χ2n) is 5.80. The zero-order chi connectivity index (χ0) is 13.7. The van der Waals surface area contributed by atoms with E-state index in [1.54, 1.807) is 6.07 Å². The van der Waals surface area contributed by atoms with E-state index < -0.39 is 0 Å². The van der Waals surface area contributed by atoms with Crippen molar-refractivity contribution in [3.05, 3.63) is 29.6 Å². The number of hydrogen-bond donors (Lipinski definition) is 1. The lowest BCUT2D eigenvalue weighted by Crippen LogP contribution is -2.30. The average molecular weight is 253 g/mol. The van der Waals surface area contributed by atoms with Gasteiger partial charge in [0.2, 0.25) is 0 Å². The van der Waals surface area contributed by atoms with Gasteiger partial charge in [0.05, 0.1) is 0 Å². The summed E-state index contributed by atoms with van der Waals surface area (Å²) in [6.07, 6.45) is 0. The van der Waals surface area contributed by atoms with E-state index in [4.69, 9.17) is 0 Å². The van der Waals surface area contributed by atoms with Crippen molar-refractivity contribution in [2.45, 2.75) is 34.2 Å². The van der Waals surface area contributed by atoms with Crippen LogP contribution >= 0.6 is 0 Å². The first-order chi connectivity index (χ1) is 8.36. The predicted molar refractivity (Wildman–Crippen MR) is 73.0 cm³/mol. The fraction of sp³-hybridized carbons (Fsp3) is 0.600. The Labute approximate surface area is 109 Å². The van der Waals surface area contributed by atoms with Gasteiger partial charge in [-0.2, -0.15) is 0 Å². The van der Waals surface area contributed by atoms with Crippen LogP contribution in [-0.2, 0) is 6.54 Å². The number of halogens is 1. The summed E-state index contributed by atoms with van der Waals surface area (Å²) in [4.78, 5) is 2.31. The highest BCUT2D eigenvalue weighted by Crippen LogP contribution is 2.17. The van der Waals surface area contributed by atoms with Crippen LogP contribution < -0.4 is 0 Å². The van der Waals surface area contributed by atoms with E-state index in [0.717, 1.165) is 24.7 Å². The van der Waals surface area contributed by atoms with Crippen molar-refractivity contribution in [1.29, 1.82) is 0 Å². The Morgan fingerprint density at radius 1 is 1.06 bits per heavy atom. The SMILES string of the molecule is CC(C)CN(Cc1cc(O)cc(F)c1)CC(C)C. The highest BCUT2D eigenvalue weighted by molar-refractivity contribution is 5.28. The first-order valence-electron chi connectivity index (χ1n) is 6.57. The molecule has 1 N–H and O–H groups in total. The van der Waals surface area contributed by atoms with Gasteiger partial charge in [0, 0.05) is 25.7 Å². The molecule has 2 nitrogen and oxygen atoms in total. The van der Waals surface area contributed by atoms with Crippen molar-refractivity contribution in [3.63, 3.8) is 0 Å². The molecular weight excluding hydrogens is 229 g/mol. The molecule has 0 spiro atoms. The zero-order valence-electron chi connectivity index (χ0n) is 11.8. The summed E-state index contributed by atoms with van der Waals surface area (Å²) in [6, 6.07) is 4.27. The molecule has 0 radical (unpaired) electrons. The van der Waals surface area contributed by atoms with Gasteiger partial charge in [0.1, 0.15) is 11.6 Å². The maximum atomic E-state index is 13.2. The minimum Gasteiger partial charge on any atom is -0.508 e. The van der Waals surface area contributed by atoms with Crippen molar-refractivity contribution < 1.29 is 9.50 Å². The van der Waals surface area contributed by atoms with E-state index >= 15 is 0 Å². The summed E-state index contributed by atoms with van der Waals surface area (Å²) in [7, 11) is 0. The van der Waals surface area contributed by atoms with Crippen LogP contribution in [0.2, 0.25) is 0 Å². The largest absolute Gasteiger partial charge is 0.508 e. The second kappa shape index (κ2) is 6.74. The van der Waals surface area contributed by atoms with Gasteiger partial charge in [-0.1, -0.05) is 27.7 Å². The molecule has 0 heterocycles. The quantitative estimate of drug-likeness (QED) is 0.836. The first kappa shape index (κ1) is 15.0. The molecule has 0 aromatic heterocycles. The van der Waals surface area contributed by atoms with Crippen LogP contribution in [0, 0.1) is 17.7 Å². The third-order valence-corrected chi connectivity index (χ3v) is 2.60. The molecule has 0 amide bonds. The Hall–Kier alpha value is -1.09. The fourth-order valence-electron chi connectivity index (χ4n) is 2.22. The minimum absolute atomic E-state index is 0.000885. The summed E-state index contributed by atoms with van der Waals surface area (Å²) < 4.78 is 13.2. The van der Waals surface area contributed by atoms with E-state index in [2.05, 4.69) is 32.6 Å². The second-order valence-corrected chi connectivity index (χ2v) is 5.80. The van der Waals surface area contributed by atoms with E-state index in [1.807, 2.05) is 0 Å². The van der Waals surface area contributed by atoms with Gasteiger partial charge in [0.15, 0.2) is 0 Å². The maximum absolute atomic E-state index is 13.2. The predicted octanol–water partition coefficient (Wildman–Crippen LogP) is 3.65. The Bertz CT molecular complexity index is 347. The van der Waals surface area contributed by atoms with Crippen molar-refractivity contribution in [2.75, 3.05) is 13.1 Å². The van der Waals surface area contributed by atoms with Crippen LogP contribution in [0.1, 0.15) is 33.3 Å². The van der Waals surface area contributed by atoms with E-state index in [9.17, 15) is 9.50 Å². The molecule has 0 aliphatic heterocycles. The lowest BCUT2D eigenvalue weighted by molar-refractivity contribution is 0.211. The van der Waals surface area contributed by atoms with E-state index in [1.165, 1.54) is 6.07 Å². The molecule has 3 heteroatoms. The lowest BCUT2D eigenvalue weighted by atomic mass is 10.1. The minimum atomic E-state index is -0.376. The van der Waals surface area contributed by atoms with E-state index in [0.29, 0.717) is 18.4 Å². The smallest absolute Gasteiger partial charge is 0.127 e. The van der Waals surface area contributed by atoms with Gasteiger partial charge >= 0.3 is 0 Å². The summed E-state index contributed by atoms with van der Waals surface area (Å²) in [5.41, 5.74) is 0.828. The molecule has 102 valence electrons. The van der Waals surface area contributed by atoms with Crippen molar-refractivity contribution >= 4 is 0 Å². The number of benzene rings is 1. The van der Waals surface area contributed by atoms with Gasteiger partial charge in [-0.3, -0.25) is 4.90 Å². The van der Waals surface area contributed by atoms with Gasteiger partial charge < -0.3 is 5.11 Å². The molecule has 0 bridgehead atoms. The Kier molecular flexibility index (Phi) is 5.60. The lowest BCUT2D eigenvalue weighted by Gasteiger charge is -2.26. The summed E-state index contributed by atoms with van der Waals surface area (Å²) in [5, 5.41) is 9.41.